The van der Waals surface area contributed by atoms with Gasteiger partial charge in [0, 0.05) is 17.5 Å². The van der Waals surface area contributed by atoms with Crippen molar-refractivity contribution < 1.29 is 8.78 Å². The smallest absolute Gasteiger partial charge is 0.129 e. The van der Waals surface area contributed by atoms with Crippen LogP contribution in [-0.4, -0.2) is 6.04 Å². The molecule has 1 aliphatic carbocycles. The van der Waals surface area contributed by atoms with Gasteiger partial charge >= 0.3 is 0 Å². The maximum Gasteiger partial charge on any atom is 0.129 e. The minimum Gasteiger partial charge on any atom is -0.327 e. The predicted octanol–water partition coefficient (Wildman–Crippen LogP) is 1.95. The van der Waals surface area contributed by atoms with Crippen LogP contribution in [0.5, 0.6) is 0 Å². The second kappa shape index (κ2) is 2.51. The molecule has 1 aromatic carbocycles. The Morgan fingerprint density at radius 2 is 2.08 bits per heavy atom. The number of hydrogen-bond acceptors (Lipinski definition) is 1. The minimum atomic E-state index is -0.543. The Morgan fingerprint density at radius 3 is 2.54 bits per heavy atom. The van der Waals surface area contributed by atoms with Gasteiger partial charge in [-0.3, -0.25) is 0 Å². The van der Waals surface area contributed by atoms with Gasteiger partial charge in [-0.05, 0) is 18.1 Å². The summed E-state index contributed by atoms with van der Waals surface area (Å²) in [7, 11) is 0. The molecule has 1 fully saturated rings. The van der Waals surface area contributed by atoms with E-state index in [0.29, 0.717) is 5.56 Å². The van der Waals surface area contributed by atoms with Crippen molar-refractivity contribution in [1.29, 1.82) is 0 Å². The zero-order valence-corrected chi connectivity index (χ0v) is 7.35. The molecular weight excluding hydrogens is 172 g/mol. The molecule has 0 saturated heterocycles. The molecule has 0 heterocycles. The molecule has 0 radical (unpaired) electrons. The molecular formula is C10H11F2N. The van der Waals surface area contributed by atoms with Crippen LogP contribution in [0.1, 0.15) is 18.9 Å². The largest absolute Gasteiger partial charge is 0.327 e. The number of hydrogen-bond donors (Lipinski definition) is 1. The number of benzene rings is 1. The molecule has 0 amide bonds. The summed E-state index contributed by atoms with van der Waals surface area (Å²) >= 11 is 0. The average Bonchev–Trinajstić information content (AvgIpc) is 2.59. The Labute approximate surface area is 75.6 Å². The van der Waals surface area contributed by atoms with Gasteiger partial charge in [0.05, 0.1) is 0 Å². The van der Waals surface area contributed by atoms with Gasteiger partial charge in [0.1, 0.15) is 11.6 Å². The van der Waals surface area contributed by atoms with E-state index in [-0.39, 0.29) is 11.5 Å². The Kier molecular flexibility index (Phi) is 1.67. The lowest BCUT2D eigenvalue weighted by Gasteiger charge is -2.10. The first-order chi connectivity index (χ1) is 6.04. The second-order valence-corrected chi connectivity index (χ2v) is 3.85. The SMILES string of the molecule is CC1(c2ccc(F)cc2F)CC1N. The van der Waals surface area contributed by atoms with Crippen molar-refractivity contribution in [2.45, 2.75) is 24.8 Å². The van der Waals surface area contributed by atoms with Gasteiger partial charge in [0.25, 0.3) is 0 Å². The van der Waals surface area contributed by atoms with E-state index >= 15 is 0 Å². The highest BCUT2D eigenvalue weighted by Crippen LogP contribution is 2.47. The topological polar surface area (TPSA) is 26.0 Å². The highest BCUT2D eigenvalue weighted by molar-refractivity contribution is 5.35. The first-order valence-corrected chi connectivity index (χ1v) is 4.25. The van der Waals surface area contributed by atoms with Crippen LogP contribution in [0.3, 0.4) is 0 Å². The number of rotatable bonds is 1. The summed E-state index contributed by atoms with van der Waals surface area (Å²) in [6.45, 7) is 1.90. The van der Waals surface area contributed by atoms with E-state index in [0.717, 1.165) is 12.5 Å². The third kappa shape index (κ3) is 1.23. The van der Waals surface area contributed by atoms with E-state index in [1.807, 2.05) is 6.92 Å². The van der Waals surface area contributed by atoms with Gasteiger partial charge in [-0.15, -0.1) is 0 Å². The molecule has 0 bridgehead atoms. The maximum absolute atomic E-state index is 13.3. The van der Waals surface area contributed by atoms with Crippen molar-refractivity contribution in [3.8, 4) is 0 Å². The lowest BCUT2D eigenvalue weighted by Crippen LogP contribution is -2.16. The van der Waals surface area contributed by atoms with Crippen molar-refractivity contribution in [3.63, 3.8) is 0 Å². The van der Waals surface area contributed by atoms with E-state index < -0.39 is 11.6 Å². The van der Waals surface area contributed by atoms with E-state index in [2.05, 4.69) is 0 Å². The zero-order chi connectivity index (χ0) is 9.64. The summed E-state index contributed by atoms with van der Waals surface area (Å²) in [4.78, 5) is 0. The van der Waals surface area contributed by atoms with Crippen LogP contribution in [0.15, 0.2) is 18.2 Å². The van der Waals surface area contributed by atoms with Crippen LogP contribution in [-0.2, 0) is 5.41 Å². The van der Waals surface area contributed by atoms with E-state index in [9.17, 15) is 8.78 Å². The zero-order valence-electron chi connectivity index (χ0n) is 7.35. The Bertz CT molecular complexity index is 351. The van der Waals surface area contributed by atoms with Crippen LogP contribution in [0, 0.1) is 11.6 Å². The molecule has 0 aromatic heterocycles. The normalized spacial score (nSPS) is 31.8. The summed E-state index contributed by atoms with van der Waals surface area (Å²) in [5.74, 6) is -1.03. The van der Waals surface area contributed by atoms with Crippen molar-refractivity contribution in [1.82, 2.24) is 0 Å². The molecule has 0 spiro atoms. The fourth-order valence-electron chi connectivity index (χ4n) is 1.66. The monoisotopic (exact) mass is 183 g/mol. The maximum atomic E-state index is 13.3. The molecule has 0 aliphatic heterocycles. The van der Waals surface area contributed by atoms with Crippen LogP contribution >= 0.6 is 0 Å². The summed E-state index contributed by atoms with van der Waals surface area (Å²) in [5, 5.41) is 0. The third-order valence-electron chi connectivity index (χ3n) is 2.85. The van der Waals surface area contributed by atoms with E-state index in [4.69, 9.17) is 5.73 Å². The molecule has 3 heteroatoms. The first kappa shape index (κ1) is 8.63. The molecule has 2 N–H and O–H groups in total. The summed E-state index contributed by atoms with van der Waals surface area (Å²) < 4.78 is 25.8. The third-order valence-corrected chi connectivity index (χ3v) is 2.85. The summed E-state index contributed by atoms with van der Waals surface area (Å²) in [6, 6.07) is 3.67. The molecule has 2 unspecified atom stereocenters. The molecule has 70 valence electrons. The van der Waals surface area contributed by atoms with Gasteiger partial charge in [0.2, 0.25) is 0 Å². The molecule has 2 atom stereocenters. The van der Waals surface area contributed by atoms with Gasteiger partial charge in [0.15, 0.2) is 0 Å². The average molecular weight is 183 g/mol. The lowest BCUT2D eigenvalue weighted by molar-refractivity contribution is 0.553. The van der Waals surface area contributed by atoms with Gasteiger partial charge in [-0.25, -0.2) is 8.78 Å². The van der Waals surface area contributed by atoms with Crippen molar-refractivity contribution in [2.24, 2.45) is 5.73 Å². The lowest BCUT2D eigenvalue weighted by atomic mass is 9.97. The van der Waals surface area contributed by atoms with Crippen LogP contribution < -0.4 is 5.73 Å². The Balaban J connectivity index is 2.42. The summed E-state index contributed by atoms with van der Waals surface area (Å²) in [6.07, 6.45) is 0.773. The summed E-state index contributed by atoms with van der Waals surface area (Å²) in [5.41, 5.74) is 5.93. The molecule has 1 aromatic rings. The number of nitrogens with two attached hydrogens (primary N) is 1. The van der Waals surface area contributed by atoms with Gasteiger partial charge in [-0.2, -0.15) is 0 Å². The van der Waals surface area contributed by atoms with Crippen LogP contribution in [0.4, 0.5) is 8.78 Å². The standard InChI is InChI=1S/C10H11F2N/c1-10(5-9(10)13)7-3-2-6(11)4-8(7)12/h2-4,9H,5,13H2,1H3. The highest BCUT2D eigenvalue weighted by Gasteiger charge is 2.50. The van der Waals surface area contributed by atoms with Crippen molar-refractivity contribution >= 4 is 0 Å². The molecule has 1 saturated carbocycles. The molecule has 13 heavy (non-hydrogen) atoms. The molecule has 1 nitrogen and oxygen atoms in total. The Hall–Kier alpha value is -0.960. The highest BCUT2D eigenvalue weighted by atomic mass is 19.1. The van der Waals surface area contributed by atoms with Crippen molar-refractivity contribution in [2.75, 3.05) is 0 Å². The first-order valence-electron chi connectivity index (χ1n) is 4.25. The quantitative estimate of drug-likeness (QED) is 0.707. The van der Waals surface area contributed by atoms with Crippen LogP contribution in [0.25, 0.3) is 0 Å². The number of halogens is 2. The predicted molar refractivity (Wildman–Crippen MR) is 46.3 cm³/mol. The second-order valence-electron chi connectivity index (χ2n) is 3.85. The fourth-order valence-corrected chi connectivity index (χ4v) is 1.66. The van der Waals surface area contributed by atoms with Gasteiger partial charge in [-0.1, -0.05) is 13.0 Å². The van der Waals surface area contributed by atoms with E-state index in [1.54, 1.807) is 0 Å². The van der Waals surface area contributed by atoms with Gasteiger partial charge < -0.3 is 5.73 Å². The van der Waals surface area contributed by atoms with Crippen LogP contribution in [0.2, 0.25) is 0 Å². The van der Waals surface area contributed by atoms with Crippen molar-refractivity contribution in [3.05, 3.63) is 35.4 Å². The fraction of sp³-hybridized carbons (Fsp3) is 0.400. The minimum absolute atomic E-state index is 0.00691. The molecule has 2 rings (SSSR count). The van der Waals surface area contributed by atoms with E-state index in [1.165, 1.54) is 12.1 Å². The Morgan fingerprint density at radius 1 is 1.46 bits per heavy atom. The molecule has 1 aliphatic rings.